The van der Waals surface area contributed by atoms with Crippen molar-refractivity contribution in [1.29, 1.82) is 0 Å². The van der Waals surface area contributed by atoms with Gasteiger partial charge in [0.1, 0.15) is 0 Å². The maximum absolute atomic E-state index is 11.5. The third-order valence-electron chi connectivity index (χ3n) is 4.85. The van der Waals surface area contributed by atoms with Gasteiger partial charge in [0, 0.05) is 19.1 Å². The first kappa shape index (κ1) is 15.7. The molecule has 0 aliphatic carbocycles. The molecule has 2 aliphatic rings. The van der Waals surface area contributed by atoms with Crippen molar-refractivity contribution >= 4 is 5.91 Å². The van der Waals surface area contributed by atoms with Gasteiger partial charge in [-0.2, -0.15) is 0 Å². The third kappa shape index (κ3) is 3.93. The molecule has 3 unspecified atom stereocenters. The lowest BCUT2D eigenvalue weighted by Crippen LogP contribution is -2.56. The number of hydrogen-bond donors (Lipinski definition) is 2. The van der Waals surface area contributed by atoms with Crippen LogP contribution in [0.2, 0.25) is 0 Å². The number of amides is 1. The molecule has 0 aromatic carbocycles. The van der Waals surface area contributed by atoms with Gasteiger partial charge in [-0.05, 0) is 58.3 Å². The van der Waals surface area contributed by atoms with E-state index >= 15 is 0 Å². The van der Waals surface area contributed by atoms with Crippen molar-refractivity contribution in [1.82, 2.24) is 15.1 Å². The van der Waals surface area contributed by atoms with Crippen LogP contribution in [0.4, 0.5) is 0 Å². The summed E-state index contributed by atoms with van der Waals surface area (Å²) < 4.78 is 0. The lowest BCUT2D eigenvalue weighted by atomic mass is 9.84. The first-order chi connectivity index (χ1) is 9.61. The lowest BCUT2D eigenvalue weighted by molar-refractivity contribution is -0.120. The second kappa shape index (κ2) is 7.38. The molecule has 0 spiro atoms. The second-order valence-corrected chi connectivity index (χ2v) is 6.41. The fraction of sp³-hybridized carbons (Fsp3) is 0.933. The van der Waals surface area contributed by atoms with Gasteiger partial charge in [-0.15, -0.1) is 0 Å². The van der Waals surface area contributed by atoms with E-state index in [-0.39, 0.29) is 11.9 Å². The van der Waals surface area contributed by atoms with Gasteiger partial charge in [-0.25, -0.2) is 0 Å². The van der Waals surface area contributed by atoms with Crippen molar-refractivity contribution in [2.24, 2.45) is 11.7 Å². The van der Waals surface area contributed by atoms with Gasteiger partial charge in [-0.1, -0.05) is 6.92 Å². The Labute approximate surface area is 122 Å². The predicted molar refractivity (Wildman–Crippen MR) is 81.5 cm³/mol. The molecule has 0 radical (unpaired) electrons. The summed E-state index contributed by atoms with van der Waals surface area (Å²) in [5.41, 5.74) is 5.51. The van der Waals surface area contributed by atoms with Gasteiger partial charge >= 0.3 is 0 Å². The highest BCUT2D eigenvalue weighted by molar-refractivity contribution is 5.80. The van der Waals surface area contributed by atoms with E-state index in [4.69, 9.17) is 5.73 Å². The molecule has 2 fully saturated rings. The molecule has 5 nitrogen and oxygen atoms in total. The van der Waals surface area contributed by atoms with Crippen LogP contribution in [0.15, 0.2) is 0 Å². The topological polar surface area (TPSA) is 61.6 Å². The van der Waals surface area contributed by atoms with E-state index in [0.717, 1.165) is 44.6 Å². The minimum atomic E-state index is -0.221. The Morgan fingerprint density at radius 3 is 2.90 bits per heavy atom. The molecule has 0 saturated carbocycles. The van der Waals surface area contributed by atoms with E-state index in [1.807, 2.05) is 0 Å². The van der Waals surface area contributed by atoms with Gasteiger partial charge in [0.05, 0.1) is 6.04 Å². The van der Waals surface area contributed by atoms with Crippen molar-refractivity contribution in [2.75, 3.05) is 39.8 Å². The summed E-state index contributed by atoms with van der Waals surface area (Å²) in [6.45, 7) is 7.17. The molecule has 3 N–H and O–H groups in total. The number of carbonyl (C=O) groups is 1. The number of rotatable bonds is 6. The molecule has 5 heteroatoms. The molecule has 0 aromatic heterocycles. The molecular weight excluding hydrogens is 252 g/mol. The van der Waals surface area contributed by atoms with Crippen molar-refractivity contribution < 1.29 is 4.79 Å². The van der Waals surface area contributed by atoms with Crippen molar-refractivity contribution in [2.45, 2.75) is 44.7 Å². The number of nitrogens with zero attached hydrogens (tertiary/aromatic N) is 2. The normalized spacial score (nSPS) is 29.9. The number of fused-ring (bicyclic) bond motifs is 1. The highest BCUT2D eigenvalue weighted by Crippen LogP contribution is 2.29. The van der Waals surface area contributed by atoms with Crippen LogP contribution in [0.5, 0.6) is 0 Å². The molecule has 20 heavy (non-hydrogen) atoms. The number of nitrogens with one attached hydrogen (secondary N) is 1. The van der Waals surface area contributed by atoms with Crippen LogP contribution in [0.25, 0.3) is 0 Å². The Kier molecular flexibility index (Phi) is 5.81. The van der Waals surface area contributed by atoms with Crippen LogP contribution in [0.3, 0.4) is 0 Å². The maximum Gasteiger partial charge on any atom is 0.235 e. The Hall–Kier alpha value is -0.650. The first-order valence-electron chi connectivity index (χ1n) is 8.07. The van der Waals surface area contributed by atoms with Crippen LogP contribution in [0.1, 0.15) is 32.6 Å². The largest absolute Gasteiger partial charge is 0.368 e. The van der Waals surface area contributed by atoms with Crippen molar-refractivity contribution in [3.63, 3.8) is 0 Å². The van der Waals surface area contributed by atoms with Crippen LogP contribution < -0.4 is 11.1 Å². The maximum atomic E-state index is 11.5. The number of hydrogen-bond acceptors (Lipinski definition) is 4. The summed E-state index contributed by atoms with van der Waals surface area (Å²) in [4.78, 5) is 16.5. The average Bonchev–Trinajstić information content (AvgIpc) is 2.43. The minimum absolute atomic E-state index is 0.201. The molecule has 2 aliphatic heterocycles. The van der Waals surface area contributed by atoms with Gasteiger partial charge in [-0.3, -0.25) is 4.79 Å². The van der Waals surface area contributed by atoms with Crippen molar-refractivity contribution in [3.8, 4) is 0 Å². The predicted octanol–water partition coefficient (Wildman–Crippen LogP) is 0.256. The number of carbonyl (C=O) groups excluding carboxylic acids is 1. The molecule has 2 rings (SSSR count). The average molecular weight is 282 g/mol. The summed E-state index contributed by atoms with van der Waals surface area (Å²) in [5.74, 6) is 0.545. The fourth-order valence-electron chi connectivity index (χ4n) is 3.73. The van der Waals surface area contributed by atoms with E-state index in [1.165, 1.54) is 25.8 Å². The highest BCUT2D eigenvalue weighted by Gasteiger charge is 2.35. The Morgan fingerprint density at radius 2 is 2.20 bits per heavy atom. The quantitative estimate of drug-likeness (QED) is 0.733. The second-order valence-electron chi connectivity index (χ2n) is 6.41. The Balaban J connectivity index is 1.85. The monoisotopic (exact) mass is 282 g/mol. The molecule has 116 valence electrons. The standard InChI is InChI=1S/C15H30N4O/c1-3-7-17-13(15(16)20)11-19-9-6-14-12(10-19)5-4-8-18(14)2/h12-14,17H,3-11H2,1-2H3,(H2,16,20). The molecule has 1 amide bonds. The van der Waals surface area contributed by atoms with Crippen LogP contribution in [-0.2, 0) is 4.79 Å². The van der Waals surface area contributed by atoms with Gasteiger partial charge < -0.3 is 20.9 Å². The zero-order valence-electron chi connectivity index (χ0n) is 13.0. The smallest absolute Gasteiger partial charge is 0.235 e. The van der Waals surface area contributed by atoms with E-state index in [9.17, 15) is 4.79 Å². The Morgan fingerprint density at radius 1 is 1.40 bits per heavy atom. The molecule has 2 heterocycles. The number of piperidine rings is 2. The van der Waals surface area contributed by atoms with Gasteiger partial charge in [0.15, 0.2) is 0 Å². The minimum Gasteiger partial charge on any atom is -0.368 e. The summed E-state index contributed by atoms with van der Waals surface area (Å²) in [6.07, 6.45) is 4.88. The fourth-order valence-corrected chi connectivity index (χ4v) is 3.73. The summed E-state index contributed by atoms with van der Waals surface area (Å²) in [6, 6.07) is 0.545. The third-order valence-corrected chi connectivity index (χ3v) is 4.85. The summed E-state index contributed by atoms with van der Waals surface area (Å²) in [7, 11) is 2.25. The number of likely N-dealkylation sites (tertiary alicyclic amines) is 2. The van der Waals surface area contributed by atoms with E-state index < -0.39 is 0 Å². The van der Waals surface area contributed by atoms with Crippen LogP contribution in [-0.4, -0.2) is 67.6 Å². The Bertz CT molecular complexity index is 323. The molecular formula is C15H30N4O. The zero-order valence-corrected chi connectivity index (χ0v) is 13.0. The van der Waals surface area contributed by atoms with Gasteiger partial charge in [0.2, 0.25) is 5.91 Å². The molecule has 2 saturated heterocycles. The number of nitrogens with two attached hydrogens (primary N) is 1. The molecule has 0 bridgehead atoms. The zero-order chi connectivity index (χ0) is 14.5. The van der Waals surface area contributed by atoms with Gasteiger partial charge in [0.25, 0.3) is 0 Å². The summed E-state index contributed by atoms with van der Waals surface area (Å²) in [5, 5.41) is 3.27. The van der Waals surface area contributed by atoms with E-state index in [1.54, 1.807) is 0 Å². The van der Waals surface area contributed by atoms with Crippen LogP contribution in [0, 0.1) is 5.92 Å². The molecule has 3 atom stereocenters. The van der Waals surface area contributed by atoms with E-state index in [0.29, 0.717) is 0 Å². The van der Waals surface area contributed by atoms with Crippen molar-refractivity contribution in [3.05, 3.63) is 0 Å². The number of primary amides is 1. The first-order valence-corrected chi connectivity index (χ1v) is 8.07. The molecule has 0 aromatic rings. The lowest BCUT2D eigenvalue weighted by Gasteiger charge is -2.46. The highest BCUT2D eigenvalue weighted by atomic mass is 16.1. The SMILES string of the molecule is CCCNC(CN1CCC2C(CCCN2C)C1)C(N)=O. The van der Waals surface area contributed by atoms with Crippen LogP contribution >= 0.6 is 0 Å². The van der Waals surface area contributed by atoms with E-state index in [2.05, 4.69) is 29.1 Å². The summed E-state index contributed by atoms with van der Waals surface area (Å²) >= 11 is 0.